The van der Waals surface area contributed by atoms with Gasteiger partial charge in [0.1, 0.15) is 0 Å². The molecule has 0 atom stereocenters. The van der Waals surface area contributed by atoms with Crippen molar-refractivity contribution in [2.24, 2.45) is 14.5 Å². The van der Waals surface area contributed by atoms with Crippen LogP contribution in [-0.2, 0) is 0 Å². The van der Waals surface area contributed by atoms with Crippen molar-refractivity contribution in [2.45, 2.75) is 7.59 Å². The summed E-state index contributed by atoms with van der Waals surface area (Å²) < 4.78 is 10.5. The molecule has 0 saturated carbocycles. The Labute approximate surface area is 195 Å². The summed E-state index contributed by atoms with van der Waals surface area (Å²) in [5.41, 5.74) is 0. The van der Waals surface area contributed by atoms with E-state index in [9.17, 15) is 0 Å². The van der Waals surface area contributed by atoms with Crippen LogP contribution in [0.5, 0.6) is 0 Å². The number of nitrogens with zero attached hydrogens (tertiary/aromatic N) is 7. The Bertz CT molecular complexity index is 659. The van der Waals surface area contributed by atoms with Gasteiger partial charge in [0.2, 0.25) is 15.1 Å². The van der Waals surface area contributed by atoms with Gasteiger partial charge in [-0.05, 0) is 14.1 Å². The average molecular weight is 532 g/mol. The number of likely N-dealkylation sites (N-methyl/N-ethyl adjacent to an activating group) is 2. The lowest BCUT2D eigenvalue weighted by Gasteiger charge is -2.47. The molecular weight excluding hydrogens is 510 g/mol. The van der Waals surface area contributed by atoms with Crippen LogP contribution in [0.4, 0.5) is 0 Å². The van der Waals surface area contributed by atoms with Crippen molar-refractivity contribution in [3.63, 3.8) is 0 Å². The van der Waals surface area contributed by atoms with Gasteiger partial charge in [-0.3, -0.25) is 0 Å². The summed E-state index contributed by atoms with van der Waals surface area (Å²) in [7, 11) is 1.46. The van der Waals surface area contributed by atoms with Crippen LogP contribution in [0.2, 0.25) is 0 Å². The van der Waals surface area contributed by atoms with Crippen LogP contribution in [0.25, 0.3) is 0 Å². The van der Waals surface area contributed by atoms with Crippen LogP contribution in [0.15, 0.2) is 14.5 Å². The molecule has 0 aromatic rings. The predicted octanol–water partition coefficient (Wildman–Crippen LogP) is 3.98. The fourth-order valence-corrected chi connectivity index (χ4v) is 7.32. The summed E-state index contributed by atoms with van der Waals surface area (Å²) in [5, 5.41) is 0. The van der Waals surface area contributed by atoms with Gasteiger partial charge in [-0.1, -0.05) is 69.6 Å². The Kier molecular flexibility index (Phi) is 7.61. The van der Waals surface area contributed by atoms with Gasteiger partial charge in [0.25, 0.3) is 0 Å². The molecule has 28 heavy (non-hydrogen) atoms. The number of aliphatic imine (C=N–C) groups is 1. The Balaban J connectivity index is 2.14. The first kappa shape index (κ1) is 23.8. The first-order chi connectivity index (χ1) is 12.9. The SMILES string of the molecule is CN1CCN(P2(N3CCN(C)CC3)=NC(C(Cl)(Cl)Cl)=NC(C(Cl)(Cl)Cl)=N2)CC1. The summed E-state index contributed by atoms with van der Waals surface area (Å²) in [6.45, 7) is 6.59. The molecule has 0 aliphatic carbocycles. The Morgan fingerprint density at radius 1 is 0.679 bits per heavy atom. The molecule has 3 heterocycles. The van der Waals surface area contributed by atoms with E-state index < -0.39 is 15.1 Å². The third kappa shape index (κ3) is 5.31. The minimum absolute atomic E-state index is 0.0139. The van der Waals surface area contributed by atoms with Gasteiger partial charge < -0.3 is 9.80 Å². The fourth-order valence-electron chi connectivity index (χ4n) is 3.22. The second-order valence-electron chi connectivity index (χ2n) is 7.01. The average Bonchev–Trinajstić information content (AvgIpc) is 2.61. The highest BCUT2D eigenvalue weighted by Crippen LogP contribution is 2.61. The number of hydrogen-bond acceptors (Lipinski definition) is 7. The lowest BCUT2D eigenvalue weighted by atomic mass is 10.4. The largest absolute Gasteiger partial charge is 0.304 e. The number of amidine groups is 2. The molecule has 0 spiro atoms. The van der Waals surface area contributed by atoms with Crippen LogP contribution < -0.4 is 0 Å². The van der Waals surface area contributed by atoms with Gasteiger partial charge in [0.05, 0.1) is 0 Å². The Hall–Kier alpha value is 1.15. The van der Waals surface area contributed by atoms with E-state index in [4.69, 9.17) is 79.1 Å². The third-order valence-corrected chi connectivity index (χ3v) is 9.14. The maximum atomic E-state index is 6.17. The van der Waals surface area contributed by atoms with Crippen molar-refractivity contribution in [2.75, 3.05) is 66.5 Å². The van der Waals surface area contributed by atoms with Crippen LogP contribution in [0.1, 0.15) is 0 Å². The zero-order chi connectivity index (χ0) is 20.7. The van der Waals surface area contributed by atoms with Crippen molar-refractivity contribution in [1.82, 2.24) is 19.1 Å². The highest BCUT2D eigenvalue weighted by atomic mass is 35.6. The van der Waals surface area contributed by atoms with E-state index in [0.29, 0.717) is 0 Å². The van der Waals surface area contributed by atoms with E-state index in [-0.39, 0.29) is 11.7 Å². The molecule has 0 unspecified atom stereocenters. The van der Waals surface area contributed by atoms with E-state index in [2.05, 4.69) is 38.2 Å². The molecule has 0 bridgehead atoms. The summed E-state index contributed by atoms with van der Waals surface area (Å²) in [4.78, 5) is 8.71. The number of alkyl halides is 6. The molecule has 0 radical (unpaired) electrons. The molecule has 0 amide bonds. The second-order valence-corrected chi connectivity index (χ2v) is 14.2. The van der Waals surface area contributed by atoms with Crippen molar-refractivity contribution in [3.8, 4) is 0 Å². The number of piperazine rings is 2. The molecule has 2 fully saturated rings. The minimum atomic E-state index is -2.71. The fraction of sp³-hybridized carbons (Fsp3) is 0.857. The smallest absolute Gasteiger partial charge is 0.250 e. The molecule has 3 aliphatic rings. The summed E-state index contributed by atoms with van der Waals surface area (Å²) in [6.07, 6.45) is 0. The molecule has 3 rings (SSSR count). The lowest BCUT2D eigenvalue weighted by Crippen LogP contribution is -2.50. The first-order valence-corrected chi connectivity index (χ1v) is 12.6. The van der Waals surface area contributed by atoms with Gasteiger partial charge in [0, 0.05) is 52.4 Å². The minimum Gasteiger partial charge on any atom is -0.304 e. The second kappa shape index (κ2) is 8.95. The highest BCUT2D eigenvalue weighted by molar-refractivity contribution is 7.61. The first-order valence-electron chi connectivity index (χ1n) is 8.75. The zero-order valence-corrected chi connectivity index (χ0v) is 20.9. The van der Waals surface area contributed by atoms with Gasteiger partial charge >= 0.3 is 0 Å². The third-order valence-electron chi connectivity index (χ3n) is 4.89. The van der Waals surface area contributed by atoms with Crippen molar-refractivity contribution < 1.29 is 0 Å². The van der Waals surface area contributed by atoms with Crippen LogP contribution >= 0.6 is 77.1 Å². The Morgan fingerprint density at radius 3 is 1.43 bits per heavy atom. The van der Waals surface area contributed by atoms with Crippen LogP contribution in [-0.4, -0.2) is 105 Å². The quantitative estimate of drug-likeness (QED) is 0.399. The van der Waals surface area contributed by atoms with E-state index >= 15 is 0 Å². The maximum Gasteiger partial charge on any atom is 0.250 e. The van der Waals surface area contributed by atoms with E-state index in [0.717, 1.165) is 52.4 Å². The van der Waals surface area contributed by atoms with E-state index in [1.54, 1.807) is 0 Å². The normalized spacial score (nSPS) is 26.6. The molecule has 160 valence electrons. The van der Waals surface area contributed by atoms with Crippen LogP contribution in [0, 0.1) is 0 Å². The molecule has 3 aliphatic heterocycles. The van der Waals surface area contributed by atoms with Gasteiger partial charge in [-0.2, -0.15) is 9.51 Å². The monoisotopic (exact) mass is 529 g/mol. The number of halogens is 6. The molecule has 0 N–H and O–H groups in total. The Morgan fingerprint density at radius 2 is 1.07 bits per heavy atom. The number of rotatable bonds is 2. The molecule has 0 aromatic heterocycles. The van der Waals surface area contributed by atoms with Crippen LogP contribution in [0.3, 0.4) is 0 Å². The molecule has 2 saturated heterocycles. The zero-order valence-electron chi connectivity index (χ0n) is 15.5. The van der Waals surface area contributed by atoms with Gasteiger partial charge in [0.15, 0.2) is 11.7 Å². The molecule has 7 nitrogen and oxygen atoms in total. The summed E-state index contributed by atoms with van der Waals surface area (Å²) >= 11 is 37.0. The molecule has 14 heteroatoms. The summed E-state index contributed by atoms with van der Waals surface area (Å²) in [6, 6.07) is 0. The number of hydrogen-bond donors (Lipinski definition) is 0. The van der Waals surface area contributed by atoms with Gasteiger partial charge in [-0.15, -0.1) is 0 Å². The van der Waals surface area contributed by atoms with Crippen molar-refractivity contribution in [1.29, 1.82) is 0 Å². The van der Waals surface area contributed by atoms with Crippen molar-refractivity contribution >= 4 is 88.8 Å². The lowest BCUT2D eigenvalue weighted by molar-refractivity contribution is 0.195. The topological polar surface area (TPSA) is 50.0 Å². The molecular formula is C14H22Cl6N7P. The van der Waals surface area contributed by atoms with Gasteiger partial charge in [-0.25, -0.2) is 14.3 Å². The summed E-state index contributed by atoms with van der Waals surface area (Å²) in [5.74, 6) is 0.0278. The van der Waals surface area contributed by atoms with Crippen molar-refractivity contribution in [3.05, 3.63) is 0 Å². The maximum absolute atomic E-state index is 6.17. The van der Waals surface area contributed by atoms with E-state index in [1.165, 1.54) is 0 Å². The molecule has 0 aromatic carbocycles. The highest BCUT2D eigenvalue weighted by Gasteiger charge is 2.45. The van der Waals surface area contributed by atoms with E-state index in [1.807, 2.05) is 0 Å². The predicted molar refractivity (Wildman–Crippen MR) is 123 cm³/mol. The standard InChI is InChI=1S/C14H22Cl6N7P/c1-24-3-7-26(8-4-24)28(27-9-5-25(2)6-10-27)22-11(13(15,16)17)21-12(23-28)14(18,19)20/h3-10H2,1-2H3.